The fraction of sp³-hybridized carbons (Fsp3) is 0.478. The van der Waals surface area contributed by atoms with Gasteiger partial charge in [0.25, 0.3) is 0 Å². The lowest BCUT2D eigenvalue weighted by atomic mass is 10.1. The van der Waals surface area contributed by atoms with Crippen molar-refractivity contribution in [1.29, 1.82) is 0 Å². The molecule has 176 valence electrons. The van der Waals surface area contributed by atoms with Gasteiger partial charge >= 0.3 is 0 Å². The van der Waals surface area contributed by atoms with Crippen molar-refractivity contribution in [2.45, 2.75) is 32.7 Å². The maximum Gasteiger partial charge on any atom is 0.224 e. The predicted octanol–water partition coefficient (Wildman–Crippen LogP) is 3.46. The largest absolute Gasteiger partial charge is 0.493 e. The summed E-state index contributed by atoms with van der Waals surface area (Å²) in [7, 11) is 3.27. The first-order chi connectivity index (χ1) is 15.1. The normalized spacial score (nSPS) is 13.1. The Labute approximate surface area is 211 Å². The van der Waals surface area contributed by atoms with Crippen molar-refractivity contribution < 1.29 is 14.3 Å². The van der Waals surface area contributed by atoms with Gasteiger partial charge in [0.1, 0.15) is 0 Å². The molecule has 0 saturated carbocycles. The molecule has 0 bridgehead atoms. The van der Waals surface area contributed by atoms with Crippen LogP contribution in [0.3, 0.4) is 0 Å². The number of rotatable bonds is 9. The zero-order chi connectivity index (χ0) is 22.1. The molecule has 2 heterocycles. The highest BCUT2D eigenvalue weighted by atomic mass is 127. The molecular weight excluding hydrogens is 539 g/mol. The maximum absolute atomic E-state index is 12.6. The first kappa shape index (κ1) is 26.2. The molecule has 1 amide bonds. The summed E-state index contributed by atoms with van der Waals surface area (Å²) < 4.78 is 10.7. The molecule has 1 aromatic carbocycles. The second-order valence-electron chi connectivity index (χ2n) is 7.31. The number of halogens is 1. The van der Waals surface area contributed by atoms with Crippen LogP contribution in [0.1, 0.15) is 29.3 Å². The molecular formula is C23H33IN4O3S. The molecule has 32 heavy (non-hydrogen) atoms. The van der Waals surface area contributed by atoms with Gasteiger partial charge in [0, 0.05) is 37.5 Å². The van der Waals surface area contributed by atoms with Crippen LogP contribution in [0.15, 0.2) is 34.6 Å². The van der Waals surface area contributed by atoms with E-state index in [1.54, 1.807) is 25.6 Å². The number of hydrogen-bond donors (Lipinski definition) is 2. The fourth-order valence-electron chi connectivity index (χ4n) is 3.59. The molecule has 1 aliphatic heterocycles. The summed E-state index contributed by atoms with van der Waals surface area (Å²) in [4.78, 5) is 20.5. The van der Waals surface area contributed by atoms with Crippen LogP contribution in [0.4, 0.5) is 0 Å². The Hall–Kier alpha value is -2.01. The molecule has 0 spiro atoms. The van der Waals surface area contributed by atoms with Crippen LogP contribution in [0.2, 0.25) is 0 Å². The summed E-state index contributed by atoms with van der Waals surface area (Å²) >= 11 is 1.79. The number of methoxy groups -OCH3 is 2. The third-order valence-electron chi connectivity index (χ3n) is 5.25. The number of aliphatic imine (C=N–C) groups is 1. The van der Waals surface area contributed by atoms with Gasteiger partial charge in [-0.05, 0) is 54.5 Å². The summed E-state index contributed by atoms with van der Waals surface area (Å²) in [5.74, 6) is 2.35. The third-order valence-corrected chi connectivity index (χ3v) is 6.28. The van der Waals surface area contributed by atoms with E-state index in [0.29, 0.717) is 13.0 Å². The maximum atomic E-state index is 12.6. The van der Waals surface area contributed by atoms with Crippen molar-refractivity contribution in [2.24, 2.45) is 4.99 Å². The molecule has 2 N–H and O–H groups in total. The van der Waals surface area contributed by atoms with Crippen LogP contribution in [0.5, 0.6) is 11.5 Å². The van der Waals surface area contributed by atoms with Gasteiger partial charge in [-0.3, -0.25) is 9.79 Å². The van der Waals surface area contributed by atoms with Crippen LogP contribution in [-0.4, -0.2) is 57.2 Å². The monoisotopic (exact) mass is 572 g/mol. The molecule has 7 nitrogen and oxygen atoms in total. The molecule has 0 saturated heterocycles. The molecule has 0 fully saturated rings. The van der Waals surface area contributed by atoms with Gasteiger partial charge in [-0.1, -0.05) is 6.07 Å². The number of nitrogens with zero attached hydrogens (tertiary/aromatic N) is 2. The van der Waals surface area contributed by atoms with E-state index in [1.165, 1.54) is 10.4 Å². The number of carbonyl (C=O) groups excluding carboxylic acids is 1. The quantitative estimate of drug-likeness (QED) is 0.274. The Balaban J connectivity index is 0.00000363. The van der Waals surface area contributed by atoms with E-state index < -0.39 is 0 Å². The van der Waals surface area contributed by atoms with Crippen LogP contribution in [0.25, 0.3) is 0 Å². The second-order valence-corrected chi connectivity index (χ2v) is 8.31. The van der Waals surface area contributed by atoms with Crippen molar-refractivity contribution in [3.63, 3.8) is 0 Å². The molecule has 0 radical (unpaired) electrons. The average molecular weight is 573 g/mol. The summed E-state index contributed by atoms with van der Waals surface area (Å²) in [6.07, 6.45) is 2.20. The van der Waals surface area contributed by atoms with Crippen LogP contribution in [0, 0.1) is 0 Å². The molecule has 9 heteroatoms. The number of fused-ring (bicyclic) bond motifs is 1. The van der Waals surface area contributed by atoms with Crippen LogP contribution in [-0.2, 0) is 24.2 Å². The van der Waals surface area contributed by atoms with Crippen molar-refractivity contribution in [1.82, 2.24) is 15.5 Å². The number of thiophene rings is 1. The molecule has 0 atom stereocenters. The predicted molar refractivity (Wildman–Crippen MR) is 141 cm³/mol. The minimum atomic E-state index is 0. The lowest BCUT2D eigenvalue weighted by Crippen LogP contribution is -2.39. The number of ether oxygens (including phenoxy) is 2. The third kappa shape index (κ3) is 7.26. The van der Waals surface area contributed by atoms with Gasteiger partial charge in [-0.25, -0.2) is 0 Å². The number of nitrogens with one attached hydrogen (secondary N) is 2. The Morgan fingerprint density at radius 3 is 2.75 bits per heavy atom. The Morgan fingerprint density at radius 2 is 2.00 bits per heavy atom. The SMILES string of the molecule is CCNC(=NCCC(=O)N1CCc2sccc2C1)NCCc1ccc(OC)c(OC)c1.I. The summed E-state index contributed by atoms with van der Waals surface area (Å²) in [5, 5.41) is 8.69. The van der Waals surface area contributed by atoms with Crippen molar-refractivity contribution in [3.05, 3.63) is 45.6 Å². The smallest absolute Gasteiger partial charge is 0.224 e. The molecule has 1 aliphatic rings. The highest BCUT2D eigenvalue weighted by Crippen LogP contribution is 2.27. The molecule has 1 aromatic heterocycles. The summed E-state index contributed by atoms with van der Waals surface area (Å²) in [6.45, 7) is 5.52. The summed E-state index contributed by atoms with van der Waals surface area (Å²) in [5.41, 5.74) is 2.44. The van der Waals surface area contributed by atoms with Crippen molar-refractivity contribution in [2.75, 3.05) is 40.4 Å². The topological polar surface area (TPSA) is 75.2 Å². The van der Waals surface area contributed by atoms with E-state index in [0.717, 1.165) is 62.0 Å². The number of benzene rings is 1. The highest BCUT2D eigenvalue weighted by Gasteiger charge is 2.20. The Morgan fingerprint density at radius 1 is 1.19 bits per heavy atom. The van der Waals surface area contributed by atoms with Crippen molar-refractivity contribution in [3.8, 4) is 11.5 Å². The van der Waals surface area contributed by atoms with Gasteiger partial charge < -0.3 is 25.0 Å². The van der Waals surface area contributed by atoms with E-state index in [-0.39, 0.29) is 29.9 Å². The average Bonchev–Trinajstić information content (AvgIpc) is 3.26. The van der Waals surface area contributed by atoms with E-state index in [4.69, 9.17) is 9.47 Å². The van der Waals surface area contributed by atoms with E-state index in [2.05, 4.69) is 27.1 Å². The van der Waals surface area contributed by atoms with Gasteiger partial charge in [0.2, 0.25) is 5.91 Å². The first-order valence-electron chi connectivity index (χ1n) is 10.7. The first-order valence-corrected chi connectivity index (χ1v) is 11.6. The van der Waals surface area contributed by atoms with Gasteiger partial charge in [-0.2, -0.15) is 0 Å². The number of carbonyl (C=O) groups is 1. The fourth-order valence-corrected chi connectivity index (χ4v) is 4.48. The molecule has 0 aliphatic carbocycles. The van der Waals surface area contributed by atoms with Gasteiger partial charge in [-0.15, -0.1) is 35.3 Å². The van der Waals surface area contributed by atoms with Crippen LogP contribution < -0.4 is 20.1 Å². The zero-order valence-corrected chi connectivity index (χ0v) is 22.1. The lowest BCUT2D eigenvalue weighted by molar-refractivity contribution is -0.131. The molecule has 0 unspecified atom stereocenters. The minimum Gasteiger partial charge on any atom is -0.493 e. The minimum absolute atomic E-state index is 0. The Kier molecular flexibility index (Phi) is 11.1. The molecule has 3 rings (SSSR count). The molecule has 2 aromatic rings. The number of amides is 1. The van der Waals surface area contributed by atoms with Crippen molar-refractivity contribution >= 4 is 47.2 Å². The Bertz CT molecular complexity index is 903. The van der Waals surface area contributed by atoms with E-state index >= 15 is 0 Å². The number of guanidine groups is 1. The highest BCUT2D eigenvalue weighted by molar-refractivity contribution is 14.0. The number of hydrogen-bond acceptors (Lipinski definition) is 5. The van der Waals surface area contributed by atoms with E-state index in [1.807, 2.05) is 30.0 Å². The standard InChI is InChI=1S/C23H32N4O3S.HI/c1-4-24-23(25-11-7-17-5-6-19(29-2)20(15-17)30-3)26-12-8-22(28)27-13-9-21-18(16-27)10-14-31-21;/h5-6,10,14-15H,4,7-9,11-13,16H2,1-3H3,(H2,24,25,26);1H. The summed E-state index contributed by atoms with van der Waals surface area (Å²) in [6, 6.07) is 8.06. The zero-order valence-electron chi connectivity index (χ0n) is 19.0. The van der Waals surface area contributed by atoms with Gasteiger partial charge in [0.15, 0.2) is 17.5 Å². The second kappa shape index (κ2) is 13.5. The van der Waals surface area contributed by atoms with E-state index in [9.17, 15) is 4.79 Å². The lowest BCUT2D eigenvalue weighted by Gasteiger charge is -2.26. The van der Waals surface area contributed by atoms with Gasteiger partial charge in [0.05, 0.1) is 20.8 Å². The van der Waals surface area contributed by atoms with Crippen LogP contribution >= 0.6 is 35.3 Å².